The number of nitrogens with zero attached hydrogens (tertiary/aromatic N) is 1. The fraction of sp³-hybridized carbons (Fsp3) is 0.462. The normalized spacial score (nSPS) is 23.1. The van der Waals surface area contributed by atoms with E-state index >= 15 is 0 Å². The third-order valence-electron chi connectivity index (χ3n) is 3.38. The van der Waals surface area contributed by atoms with E-state index in [4.69, 9.17) is 4.74 Å². The number of carbonyl (C=O) groups excluding carboxylic acids is 1. The van der Waals surface area contributed by atoms with Crippen LogP contribution in [-0.2, 0) is 4.79 Å². The summed E-state index contributed by atoms with van der Waals surface area (Å²) in [6.07, 6.45) is -0.421. The van der Waals surface area contributed by atoms with Crippen molar-refractivity contribution in [1.82, 2.24) is 5.32 Å². The zero-order chi connectivity index (χ0) is 12.5. The molecule has 96 valence electrons. The molecule has 18 heavy (non-hydrogen) atoms. The highest BCUT2D eigenvalue weighted by Crippen LogP contribution is 2.33. The van der Waals surface area contributed by atoms with Gasteiger partial charge in [0.15, 0.2) is 6.10 Å². The van der Waals surface area contributed by atoms with Crippen LogP contribution >= 0.6 is 0 Å². The van der Waals surface area contributed by atoms with Gasteiger partial charge in [0.1, 0.15) is 5.75 Å². The topological polar surface area (TPSA) is 53.6 Å². The van der Waals surface area contributed by atoms with Crippen LogP contribution in [0.3, 0.4) is 0 Å². The highest BCUT2D eigenvalue weighted by Gasteiger charge is 2.24. The maximum absolute atomic E-state index is 11.5. The predicted octanol–water partition coefficient (Wildman–Crippen LogP) is 0.816. The Morgan fingerprint density at radius 3 is 2.89 bits per heavy atom. The van der Waals surface area contributed by atoms with Crippen LogP contribution in [0.4, 0.5) is 11.4 Å². The largest absolute Gasteiger partial charge is 0.479 e. The SMILES string of the molecule is CC1Oc2cc(N3CCNCC3)ccc2NC1=O. The number of ether oxygens (including phenoxy) is 1. The van der Waals surface area contributed by atoms with E-state index in [0.717, 1.165) is 43.3 Å². The summed E-state index contributed by atoms with van der Waals surface area (Å²) in [5, 5.41) is 6.17. The molecule has 2 heterocycles. The monoisotopic (exact) mass is 247 g/mol. The Labute approximate surface area is 106 Å². The molecule has 1 aromatic carbocycles. The number of amides is 1. The second-order valence-corrected chi connectivity index (χ2v) is 4.67. The van der Waals surface area contributed by atoms with Crippen LogP contribution < -0.4 is 20.3 Å². The van der Waals surface area contributed by atoms with Gasteiger partial charge in [0.05, 0.1) is 5.69 Å². The van der Waals surface area contributed by atoms with Gasteiger partial charge in [-0.25, -0.2) is 0 Å². The number of nitrogens with one attached hydrogen (secondary N) is 2. The van der Waals surface area contributed by atoms with Crippen LogP contribution in [0.5, 0.6) is 5.75 Å². The molecule has 1 unspecified atom stereocenters. The lowest BCUT2D eigenvalue weighted by Crippen LogP contribution is -2.43. The van der Waals surface area contributed by atoms with Crippen molar-refractivity contribution in [1.29, 1.82) is 0 Å². The van der Waals surface area contributed by atoms with Crippen LogP contribution in [0.2, 0.25) is 0 Å². The van der Waals surface area contributed by atoms with Gasteiger partial charge in [0, 0.05) is 37.9 Å². The van der Waals surface area contributed by atoms with E-state index < -0.39 is 6.10 Å². The fourth-order valence-electron chi connectivity index (χ4n) is 2.31. The summed E-state index contributed by atoms with van der Waals surface area (Å²) in [5.74, 6) is 0.676. The molecular weight excluding hydrogens is 230 g/mol. The van der Waals surface area contributed by atoms with Gasteiger partial charge in [-0.1, -0.05) is 0 Å². The lowest BCUT2D eigenvalue weighted by atomic mass is 10.2. The van der Waals surface area contributed by atoms with Crippen molar-refractivity contribution < 1.29 is 9.53 Å². The number of piperazine rings is 1. The molecule has 0 bridgehead atoms. The second kappa shape index (κ2) is 4.49. The summed E-state index contributed by atoms with van der Waals surface area (Å²) < 4.78 is 5.62. The lowest BCUT2D eigenvalue weighted by molar-refractivity contribution is -0.122. The van der Waals surface area contributed by atoms with Crippen LogP contribution in [0.1, 0.15) is 6.92 Å². The summed E-state index contributed by atoms with van der Waals surface area (Å²) >= 11 is 0. The van der Waals surface area contributed by atoms with Crippen molar-refractivity contribution in [3.8, 4) is 5.75 Å². The molecule has 3 rings (SSSR count). The Balaban J connectivity index is 1.86. The molecule has 2 aliphatic heterocycles. The molecule has 2 N–H and O–H groups in total. The van der Waals surface area contributed by atoms with Crippen molar-refractivity contribution in [3.05, 3.63) is 18.2 Å². The van der Waals surface area contributed by atoms with Gasteiger partial charge >= 0.3 is 0 Å². The lowest BCUT2D eigenvalue weighted by Gasteiger charge is -2.31. The van der Waals surface area contributed by atoms with Crippen molar-refractivity contribution in [3.63, 3.8) is 0 Å². The molecule has 1 aromatic rings. The Morgan fingerprint density at radius 1 is 1.33 bits per heavy atom. The molecule has 0 aliphatic carbocycles. The standard InChI is InChI=1S/C13H17N3O2/c1-9-13(17)15-11-3-2-10(8-12(11)18-9)16-6-4-14-5-7-16/h2-3,8-9,14H,4-7H2,1H3,(H,15,17). The zero-order valence-electron chi connectivity index (χ0n) is 10.4. The average Bonchev–Trinajstić information content (AvgIpc) is 2.41. The molecule has 5 nitrogen and oxygen atoms in total. The Kier molecular flexibility index (Phi) is 2.83. The molecule has 0 saturated carbocycles. The molecule has 1 amide bonds. The molecule has 1 saturated heterocycles. The summed E-state index contributed by atoms with van der Waals surface area (Å²) in [6.45, 7) is 5.77. The van der Waals surface area contributed by atoms with E-state index in [9.17, 15) is 4.79 Å². The average molecular weight is 247 g/mol. The van der Waals surface area contributed by atoms with Gasteiger partial charge in [-0.3, -0.25) is 4.79 Å². The maximum atomic E-state index is 11.5. The van der Waals surface area contributed by atoms with E-state index in [1.165, 1.54) is 0 Å². The molecular formula is C13H17N3O2. The van der Waals surface area contributed by atoms with E-state index in [2.05, 4.69) is 15.5 Å². The molecule has 0 spiro atoms. The van der Waals surface area contributed by atoms with Crippen LogP contribution in [-0.4, -0.2) is 38.2 Å². The molecule has 2 aliphatic rings. The highest BCUT2D eigenvalue weighted by molar-refractivity contribution is 5.97. The molecule has 0 aromatic heterocycles. The summed E-state index contributed by atoms with van der Waals surface area (Å²) in [7, 11) is 0. The van der Waals surface area contributed by atoms with Crippen LogP contribution in [0.15, 0.2) is 18.2 Å². The minimum atomic E-state index is -0.421. The first kappa shape index (κ1) is 11.3. The minimum absolute atomic E-state index is 0.0857. The quantitative estimate of drug-likeness (QED) is 0.771. The molecule has 1 fully saturated rings. The summed E-state index contributed by atoms with van der Waals surface area (Å²) in [5.41, 5.74) is 1.91. The van der Waals surface area contributed by atoms with Crippen LogP contribution in [0, 0.1) is 0 Å². The van der Waals surface area contributed by atoms with E-state index in [0.29, 0.717) is 0 Å². The zero-order valence-corrected chi connectivity index (χ0v) is 10.4. The highest BCUT2D eigenvalue weighted by atomic mass is 16.5. The molecule has 0 radical (unpaired) electrons. The third kappa shape index (κ3) is 2.01. The van der Waals surface area contributed by atoms with E-state index in [-0.39, 0.29) is 5.91 Å². The second-order valence-electron chi connectivity index (χ2n) is 4.67. The van der Waals surface area contributed by atoms with Crippen molar-refractivity contribution >= 4 is 17.3 Å². The maximum Gasteiger partial charge on any atom is 0.265 e. The molecule has 5 heteroatoms. The van der Waals surface area contributed by atoms with Gasteiger partial charge in [0.2, 0.25) is 0 Å². The number of hydrogen-bond donors (Lipinski definition) is 2. The Hall–Kier alpha value is -1.75. The minimum Gasteiger partial charge on any atom is -0.479 e. The van der Waals surface area contributed by atoms with E-state index in [1.807, 2.05) is 18.2 Å². The van der Waals surface area contributed by atoms with Crippen molar-refractivity contribution in [2.75, 3.05) is 36.4 Å². The van der Waals surface area contributed by atoms with Gasteiger partial charge in [-0.05, 0) is 19.1 Å². The van der Waals surface area contributed by atoms with Crippen molar-refractivity contribution in [2.24, 2.45) is 0 Å². The van der Waals surface area contributed by atoms with Gasteiger partial charge in [-0.2, -0.15) is 0 Å². The number of benzene rings is 1. The number of anilines is 2. The molecule has 1 atom stereocenters. The van der Waals surface area contributed by atoms with E-state index in [1.54, 1.807) is 6.92 Å². The first-order valence-electron chi connectivity index (χ1n) is 6.31. The summed E-state index contributed by atoms with van der Waals surface area (Å²) in [6, 6.07) is 5.96. The number of carbonyl (C=O) groups is 1. The van der Waals surface area contributed by atoms with Gasteiger partial charge in [-0.15, -0.1) is 0 Å². The fourth-order valence-corrected chi connectivity index (χ4v) is 2.31. The van der Waals surface area contributed by atoms with Crippen molar-refractivity contribution in [2.45, 2.75) is 13.0 Å². The first-order chi connectivity index (χ1) is 8.74. The van der Waals surface area contributed by atoms with Gasteiger partial charge in [0.25, 0.3) is 5.91 Å². The predicted molar refractivity (Wildman–Crippen MR) is 70.2 cm³/mol. The Morgan fingerprint density at radius 2 is 2.11 bits per heavy atom. The van der Waals surface area contributed by atoms with Crippen LogP contribution in [0.25, 0.3) is 0 Å². The number of hydrogen-bond acceptors (Lipinski definition) is 4. The first-order valence-corrected chi connectivity index (χ1v) is 6.31. The third-order valence-corrected chi connectivity index (χ3v) is 3.38. The Bertz CT molecular complexity index is 469. The number of rotatable bonds is 1. The number of fused-ring (bicyclic) bond motifs is 1. The smallest absolute Gasteiger partial charge is 0.265 e. The summed E-state index contributed by atoms with van der Waals surface area (Å²) in [4.78, 5) is 13.8. The van der Waals surface area contributed by atoms with Gasteiger partial charge < -0.3 is 20.3 Å².